The van der Waals surface area contributed by atoms with Crippen LogP contribution < -0.4 is 5.32 Å². The third-order valence-corrected chi connectivity index (χ3v) is 4.01. The summed E-state index contributed by atoms with van der Waals surface area (Å²) >= 11 is 7.75. The minimum Gasteiger partial charge on any atom is -0.439 e. The lowest BCUT2D eigenvalue weighted by Gasteiger charge is -2.12. The van der Waals surface area contributed by atoms with Gasteiger partial charge in [0.2, 0.25) is 0 Å². The Labute approximate surface area is 122 Å². The van der Waals surface area contributed by atoms with E-state index >= 15 is 0 Å². The fourth-order valence-electron chi connectivity index (χ4n) is 1.59. The van der Waals surface area contributed by atoms with Gasteiger partial charge in [0, 0.05) is 17.5 Å². The molecule has 0 aliphatic rings. The maximum Gasteiger partial charge on any atom is 0.260 e. The van der Waals surface area contributed by atoms with E-state index in [1.165, 1.54) is 11.8 Å². The van der Waals surface area contributed by atoms with Crippen LogP contribution in [0.4, 0.5) is 0 Å². The van der Waals surface area contributed by atoms with E-state index in [0.717, 1.165) is 27.7 Å². The summed E-state index contributed by atoms with van der Waals surface area (Å²) in [5.41, 5.74) is 2.03. The molecule has 1 N–H and O–H groups in total. The second-order valence-electron chi connectivity index (χ2n) is 4.62. The number of hydrogen-bond donors (Lipinski definition) is 1. The predicted octanol–water partition coefficient (Wildman–Crippen LogP) is 4.29. The van der Waals surface area contributed by atoms with Crippen LogP contribution in [0.2, 0.25) is 5.02 Å². The number of aromatic nitrogens is 1. The number of hydrogen-bond acceptors (Lipinski definition) is 4. The molecular formula is C14H17ClN2OS. The highest BCUT2D eigenvalue weighted by Gasteiger charge is 2.12. The highest BCUT2D eigenvalue weighted by Crippen LogP contribution is 2.35. The van der Waals surface area contributed by atoms with Crippen molar-refractivity contribution in [2.75, 3.05) is 0 Å². The summed E-state index contributed by atoms with van der Waals surface area (Å²) in [5.74, 6) is 0. The van der Waals surface area contributed by atoms with Crippen molar-refractivity contribution in [1.29, 1.82) is 0 Å². The molecule has 1 aromatic carbocycles. The number of nitrogens with zero attached hydrogens (tertiary/aromatic N) is 1. The Morgan fingerprint density at radius 2 is 2.21 bits per heavy atom. The minimum absolute atomic E-state index is 0.431. The van der Waals surface area contributed by atoms with Gasteiger partial charge in [-0.25, -0.2) is 4.98 Å². The zero-order valence-electron chi connectivity index (χ0n) is 11.2. The van der Waals surface area contributed by atoms with Gasteiger partial charge in [-0.15, -0.1) is 0 Å². The fraction of sp³-hybridized carbons (Fsp3) is 0.357. The van der Waals surface area contributed by atoms with Gasteiger partial charge in [0.15, 0.2) is 0 Å². The lowest BCUT2D eigenvalue weighted by atomic mass is 10.2. The standard InChI is InChI=1S/C14H17ClN2OS/c1-9(2)16-7-11-5-4-6-12(15)13(11)19-14-17-10(3)8-18-14/h4-6,8-9,16H,7H2,1-3H3. The molecule has 0 aliphatic carbocycles. The van der Waals surface area contributed by atoms with Crippen LogP contribution in [0.15, 0.2) is 39.0 Å². The molecule has 0 unspecified atom stereocenters. The summed E-state index contributed by atoms with van der Waals surface area (Å²) in [7, 11) is 0. The summed E-state index contributed by atoms with van der Waals surface area (Å²) in [6.07, 6.45) is 1.64. The van der Waals surface area contributed by atoms with Crippen LogP contribution in [-0.4, -0.2) is 11.0 Å². The first-order valence-corrected chi connectivity index (χ1v) is 7.36. The average Bonchev–Trinajstić information content (AvgIpc) is 2.75. The Kier molecular flexibility index (Phi) is 4.91. The van der Waals surface area contributed by atoms with Crippen LogP contribution in [0.3, 0.4) is 0 Å². The molecule has 0 radical (unpaired) electrons. The zero-order valence-corrected chi connectivity index (χ0v) is 12.8. The zero-order chi connectivity index (χ0) is 13.8. The molecule has 0 fully saturated rings. The van der Waals surface area contributed by atoms with Crippen molar-refractivity contribution < 1.29 is 4.42 Å². The number of aryl methyl sites for hydroxylation is 1. The van der Waals surface area contributed by atoms with Gasteiger partial charge >= 0.3 is 0 Å². The van der Waals surface area contributed by atoms with E-state index < -0.39 is 0 Å². The van der Waals surface area contributed by atoms with Crippen LogP contribution in [0, 0.1) is 6.92 Å². The van der Waals surface area contributed by atoms with Crippen molar-refractivity contribution in [3.8, 4) is 0 Å². The Morgan fingerprint density at radius 1 is 1.42 bits per heavy atom. The van der Waals surface area contributed by atoms with Gasteiger partial charge in [-0.2, -0.15) is 0 Å². The first kappa shape index (κ1) is 14.4. The molecule has 1 aromatic heterocycles. The predicted molar refractivity (Wildman–Crippen MR) is 78.8 cm³/mol. The van der Waals surface area contributed by atoms with E-state index in [1.807, 2.05) is 19.1 Å². The molecule has 0 saturated heterocycles. The van der Waals surface area contributed by atoms with Gasteiger partial charge in [-0.3, -0.25) is 0 Å². The van der Waals surface area contributed by atoms with E-state index in [9.17, 15) is 0 Å². The molecule has 0 bridgehead atoms. The molecular weight excluding hydrogens is 280 g/mol. The van der Waals surface area contributed by atoms with Gasteiger partial charge in [-0.1, -0.05) is 37.6 Å². The summed E-state index contributed by atoms with van der Waals surface area (Å²) in [4.78, 5) is 5.30. The summed E-state index contributed by atoms with van der Waals surface area (Å²) < 4.78 is 5.38. The number of oxazole rings is 1. The van der Waals surface area contributed by atoms with Gasteiger partial charge in [-0.05, 0) is 30.3 Å². The largest absolute Gasteiger partial charge is 0.439 e. The van der Waals surface area contributed by atoms with Gasteiger partial charge in [0.25, 0.3) is 5.22 Å². The molecule has 0 saturated carbocycles. The Hall–Kier alpha value is -0.970. The summed E-state index contributed by atoms with van der Waals surface area (Å²) in [6, 6.07) is 6.35. The van der Waals surface area contributed by atoms with Gasteiger partial charge in [0.05, 0.1) is 10.7 Å². The monoisotopic (exact) mass is 296 g/mol. The van der Waals surface area contributed by atoms with Crippen molar-refractivity contribution in [2.24, 2.45) is 0 Å². The first-order chi connectivity index (χ1) is 9.06. The second-order valence-corrected chi connectivity index (χ2v) is 5.99. The smallest absolute Gasteiger partial charge is 0.260 e. The highest BCUT2D eigenvalue weighted by atomic mass is 35.5. The molecule has 0 amide bonds. The van der Waals surface area contributed by atoms with E-state index in [-0.39, 0.29) is 0 Å². The molecule has 0 aliphatic heterocycles. The van der Waals surface area contributed by atoms with Crippen molar-refractivity contribution in [2.45, 2.75) is 43.5 Å². The third-order valence-electron chi connectivity index (χ3n) is 2.54. The van der Waals surface area contributed by atoms with Crippen LogP contribution in [-0.2, 0) is 6.54 Å². The molecule has 2 rings (SSSR count). The van der Waals surface area contributed by atoms with Crippen molar-refractivity contribution >= 4 is 23.4 Å². The average molecular weight is 297 g/mol. The molecule has 5 heteroatoms. The maximum atomic E-state index is 6.28. The number of nitrogens with one attached hydrogen (secondary N) is 1. The van der Waals surface area contributed by atoms with Crippen molar-refractivity contribution in [3.05, 3.63) is 40.7 Å². The Morgan fingerprint density at radius 3 is 2.84 bits per heavy atom. The highest BCUT2D eigenvalue weighted by molar-refractivity contribution is 7.99. The number of benzene rings is 1. The molecule has 0 spiro atoms. The maximum absolute atomic E-state index is 6.28. The normalized spacial score (nSPS) is 11.2. The minimum atomic E-state index is 0.431. The second kappa shape index (κ2) is 6.46. The van der Waals surface area contributed by atoms with Crippen LogP contribution in [0.1, 0.15) is 25.1 Å². The fourth-order valence-corrected chi connectivity index (χ4v) is 2.79. The Balaban J connectivity index is 2.22. The SMILES string of the molecule is Cc1coc(Sc2c(Cl)cccc2CNC(C)C)n1. The molecule has 0 atom stereocenters. The lowest BCUT2D eigenvalue weighted by Crippen LogP contribution is -2.22. The molecule has 19 heavy (non-hydrogen) atoms. The molecule has 102 valence electrons. The number of rotatable bonds is 5. The van der Waals surface area contributed by atoms with Crippen molar-refractivity contribution in [1.82, 2.24) is 10.3 Å². The lowest BCUT2D eigenvalue weighted by molar-refractivity contribution is 0.454. The van der Waals surface area contributed by atoms with E-state index in [1.54, 1.807) is 6.26 Å². The first-order valence-electron chi connectivity index (χ1n) is 6.17. The van der Waals surface area contributed by atoms with Crippen LogP contribution >= 0.6 is 23.4 Å². The third kappa shape index (κ3) is 4.00. The van der Waals surface area contributed by atoms with E-state index in [4.69, 9.17) is 16.0 Å². The summed E-state index contributed by atoms with van der Waals surface area (Å²) in [5, 5.41) is 4.74. The Bertz CT molecular complexity index is 554. The van der Waals surface area contributed by atoms with E-state index in [0.29, 0.717) is 11.3 Å². The quantitative estimate of drug-likeness (QED) is 0.893. The summed E-state index contributed by atoms with van der Waals surface area (Å²) in [6.45, 7) is 6.92. The van der Waals surface area contributed by atoms with Gasteiger partial charge < -0.3 is 9.73 Å². The van der Waals surface area contributed by atoms with Crippen LogP contribution in [0.5, 0.6) is 0 Å². The van der Waals surface area contributed by atoms with Crippen molar-refractivity contribution in [3.63, 3.8) is 0 Å². The van der Waals surface area contributed by atoms with Gasteiger partial charge in [0.1, 0.15) is 6.26 Å². The van der Waals surface area contributed by atoms with E-state index in [2.05, 4.69) is 30.2 Å². The van der Waals surface area contributed by atoms with Crippen LogP contribution in [0.25, 0.3) is 0 Å². The number of halogens is 1. The topological polar surface area (TPSA) is 38.1 Å². The molecule has 1 heterocycles. The molecule has 2 aromatic rings. The molecule has 3 nitrogen and oxygen atoms in total.